The summed E-state index contributed by atoms with van der Waals surface area (Å²) in [4.78, 5) is 1.39. The van der Waals surface area contributed by atoms with Gasteiger partial charge in [0, 0.05) is 21.7 Å². The van der Waals surface area contributed by atoms with Crippen LogP contribution in [0.25, 0.3) is 0 Å². The zero-order chi connectivity index (χ0) is 12.0. The molecular weight excluding hydrogens is 282 g/mol. The van der Waals surface area contributed by atoms with Crippen LogP contribution in [-0.2, 0) is 6.54 Å². The molecule has 1 aromatic rings. The Bertz CT molecular complexity index is 326. The molecule has 1 rings (SSSR count). The van der Waals surface area contributed by atoms with Crippen molar-refractivity contribution in [2.75, 3.05) is 12.3 Å². The molecule has 0 aliphatic carbocycles. The van der Waals surface area contributed by atoms with Gasteiger partial charge in [0.15, 0.2) is 0 Å². The van der Waals surface area contributed by atoms with Crippen LogP contribution in [-0.4, -0.2) is 12.3 Å². The maximum atomic E-state index is 3.54. The molecule has 0 saturated heterocycles. The minimum atomic E-state index is 0.732. The van der Waals surface area contributed by atoms with Crippen LogP contribution in [0.3, 0.4) is 0 Å². The van der Waals surface area contributed by atoms with E-state index in [-0.39, 0.29) is 0 Å². The average molecular weight is 302 g/mol. The molecule has 1 N–H and O–H groups in total. The standard InChI is InChI=1S/C13H20BrNS/c1-4-15-8-11-5-6-12(14)7-13(11)16-9-10(2)3/h5-7,10,15H,4,8-9H2,1-3H3. The molecule has 0 aliphatic rings. The van der Waals surface area contributed by atoms with E-state index >= 15 is 0 Å². The summed E-state index contributed by atoms with van der Waals surface area (Å²) < 4.78 is 1.17. The molecule has 0 saturated carbocycles. The molecule has 0 aromatic heterocycles. The Kier molecular flexibility index (Phi) is 6.47. The van der Waals surface area contributed by atoms with Crippen molar-refractivity contribution in [3.63, 3.8) is 0 Å². The molecule has 0 amide bonds. The Labute approximate surface area is 112 Å². The molecule has 16 heavy (non-hydrogen) atoms. The van der Waals surface area contributed by atoms with Crippen molar-refractivity contribution >= 4 is 27.7 Å². The number of rotatable bonds is 6. The maximum Gasteiger partial charge on any atom is 0.0216 e. The van der Waals surface area contributed by atoms with Crippen LogP contribution in [0.5, 0.6) is 0 Å². The molecule has 0 spiro atoms. The van der Waals surface area contributed by atoms with Crippen molar-refractivity contribution < 1.29 is 0 Å². The molecule has 3 heteroatoms. The third-order valence-corrected chi connectivity index (χ3v) is 4.18. The fourth-order valence-corrected chi connectivity index (χ4v) is 2.89. The number of halogens is 1. The average Bonchev–Trinajstić information content (AvgIpc) is 2.25. The van der Waals surface area contributed by atoms with E-state index < -0.39 is 0 Å². The minimum Gasteiger partial charge on any atom is -0.313 e. The molecule has 1 nitrogen and oxygen atoms in total. The molecule has 0 fully saturated rings. The highest BCUT2D eigenvalue weighted by molar-refractivity contribution is 9.10. The van der Waals surface area contributed by atoms with Gasteiger partial charge >= 0.3 is 0 Å². The summed E-state index contributed by atoms with van der Waals surface area (Å²) in [6.45, 7) is 8.64. The summed E-state index contributed by atoms with van der Waals surface area (Å²) in [5, 5.41) is 3.38. The second-order valence-corrected chi connectivity index (χ2v) is 6.21. The zero-order valence-electron chi connectivity index (χ0n) is 10.2. The highest BCUT2D eigenvalue weighted by Gasteiger charge is 2.05. The Hall–Kier alpha value is 0.01000. The lowest BCUT2D eigenvalue weighted by atomic mass is 10.2. The predicted molar refractivity (Wildman–Crippen MR) is 77.1 cm³/mol. The Morgan fingerprint density at radius 3 is 2.75 bits per heavy atom. The first-order chi connectivity index (χ1) is 7.63. The van der Waals surface area contributed by atoms with Gasteiger partial charge < -0.3 is 5.32 Å². The first kappa shape index (κ1) is 14.1. The second-order valence-electron chi connectivity index (χ2n) is 4.24. The van der Waals surface area contributed by atoms with Crippen LogP contribution in [0.4, 0.5) is 0 Å². The molecular formula is C13H20BrNS. The summed E-state index contributed by atoms with van der Waals surface area (Å²) in [5.41, 5.74) is 1.40. The van der Waals surface area contributed by atoms with Crippen molar-refractivity contribution in [3.05, 3.63) is 28.2 Å². The van der Waals surface area contributed by atoms with Crippen LogP contribution in [0.2, 0.25) is 0 Å². The third-order valence-electron chi connectivity index (χ3n) is 2.17. The molecule has 0 bridgehead atoms. The van der Waals surface area contributed by atoms with Crippen LogP contribution in [0.15, 0.2) is 27.6 Å². The van der Waals surface area contributed by atoms with Gasteiger partial charge in [-0.3, -0.25) is 0 Å². The lowest BCUT2D eigenvalue weighted by Crippen LogP contribution is -2.12. The normalized spacial score (nSPS) is 11.1. The predicted octanol–water partition coefficient (Wildman–Crippen LogP) is 4.31. The van der Waals surface area contributed by atoms with Crippen LogP contribution < -0.4 is 5.32 Å². The number of hydrogen-bond acceptors (Lipinski definition) is 2. The van der Waals surface area contributed by atoms with Crippen molar-refractivity contribution in [1.82, 2.24) is 5.32 Å². The fraction of sp³-hybridized carbons (Fsp3) is 0.538. The first-order valence-electron chi connectivity index (χ1n) is 5.75. The third kappa shape index (κ3) is 4.89. The molecule has 1 aromatic carbocycles. The van der Waals surface area contributed by atoms with E-state index in [4.69, 9.17) is 0 Å². The highest BCUT2D eigenvalue weighted by Crippen LogP contribution is 2.28. The highest BCUT2D eigenvalue weighted by atomic mass is 79.9. The molecule has 0 atom stereocenters. The zero-order valence-corrected chi connectivity index (χ0v) is 12.6. The largest absolute Gasteiger partial charge is 0.313 e. The quantitative estimate of drug-likeness (QED) is 0.786. The Morgan fingerprint density at radius 1 is 1.38 bits per heavy atom. The van der Waals surface area contributed by atoms with E-state index in [1.54, 1.807) is 0 Å². The molecule has 0 unspecified atom stereocenters. The molecule has 0 aliphatic heterocycles. The van der Waals surface area contributed by atoms with Gasteiger partial charge in [0.1, 0.15) is 0 Å². The van der Waals surface area contributed by atoms with Crippen molar-refractivity contribution in [2.24, 2.45) is 5.92 Å². The molecule has 90 valence electrons. The van der Waals surface area contributed by atoms with Gasteiger partial charge in [-0.2, -0.15) is 0 Å². The summed E-state index contributed by atoms with van der Waals surface area (Å²) >= 11 is 5.49. The Morgan fingerprint density at radius 2 is 2.12 bits per heavy atom. The number of thioether (sulfide) groups is 1. The SMILES string of the molecule is CCNCc1ccc(Br)cc1SCC(C)C. The summed E-state index contributed by atoms with van der Waals surface area (Å²) in [6, 6.07) is 6.54. The topological polar surface area (TPSA) is 12.0 Å². The fourth-order valence-electron chi connectivity index (χ4n) is 1.32. The van der Waals surface area contributed by atoms with E-state index in [9.17, 15) is 0 Å². The van der Waals surface area contributed by atoms with Crippen LogP contribution in [0, 0.1) is 5.92 Å². The summed E-state index contributed by atoms with van der Waals surface area (Å²) in [5.74, 6) is 1.91. The van der Waals surface area contributed by atoms with Crippen molar-refractivity contribution in [1.29, 1.82) is 0 Å². The Balaban J connectivity index is 2.72. The van der Waals surface area contributed by atoms with Gasteiger partial charge in [0.2, 0.25) is 0 Å². The summed E-state index contributed by atoms with van der Waals surface area (Å²) in [6.07, 6.45) is 0. The molecule has 0 radical (unpaired) electrons. The summed E-state index contributed by atoms with van der Waals surface area (Å²) in [7, 11) is 0. The monoisotopic (exact) mass is 301 g/mol. The van der Waals surface area contributed by atoms with Crippen LogP contribution in [0.1, 0.15) is 26.3 Å². The van der Waals surface area contributed by atoms with Gasteiger partial charge in [-0.1, -0.05) is 42.8 Å². The lowest BCUT2D eigenvalue weighted by Gasteiger charge is -2.11. The number of nitrogens with one attached hydrogen (secondary N) is 1. The van der Waals surface area contributed by atoms with Crippen molar-refractivity contribution in [3.8, 4) is 0 Å². The smallest absolute Gasteiger partial charge is 0.0216 e. The van der Waals surface area contributed by atoms with Gasteiger partial charge in [-0.15, -0.1) is 11.8 Å². The first-order valence-corrected chi connectivity index (χ1v) is 7.53. The number of benzene rings is 1. The molecule has 0 heterocycles. The van der Waals surface area contributed by atoms with Gasteiger partial charge in [0.25, 0.3) is 0 Å². The van der Waals surface area contributed by atoms with Crippen molar-refractivity contribution in [2.45, 2.75) is 32.2 Å². The number of hydrogen-bond donors (Lipinski definition) is 1. The van der Waals surface area contributed by atoms with Gasteiger partial charge in [-0.25, -0.2) is 0 Å². The lowest BCUT2D eigenvalue weighted by molar-refractivity contribution is 0.716. The van der Waals surface area contributed by atoms with E-state index in [0.717, 1.165) is 19.0 Å². The van der Waals surface area contributed by atoms with Gasteiger partial charge in [0.05, 0.1) is 0 Å². The van der Waals surface area contributed by atoms with E-state index in [2.05, 4.69) is 60.2 Å². The van der Waals surface area contributed by atoms with E-state index in [1.807, 2.05) is 11.8 Å². The maximum absolute atomic E-state index is 3.54. The second kappa shape index (κ2) is 7.36. The minimum absolute atomic E-state index is 0.732. The van der Waals surface area contributed by atoms with Crippen LogP contribution >= 0.6 is 27.7 Å². The van der Waals surface area contributed by atoms with E-state index in [1.165, 1.54) is 20.7 Å². The van der Waals surface area contributed by atoms with Gasteiger partial charge in [-0.05, 0) is 30.2 Å². The van der Waals surface area contributed by atoms with E-state index in [0.29, 0.717) is 0 Å².